The predicted octanol–water partition coefficient (Wildman–Crippen LogP) is 0.438. The first-order valence-corrected chi connectivity index (χ1v) is 0. The number of hydrogen-bond donors (Lipinski definition) is 0. The SMILES string of the molecule is Cl.Cl.Cl.O.[Ir]. The minimum atomic E-state index is 0. The van der Waals surface area contributed by atoms with E-state index in [-0.39, 0.29) is 62.8 Å². The Hall–Kier alpha value is 1.48. The molecule has 0 aliphatic carbocycles. The molecule has 0 bridgehead atoms. The van der Waals surface area contributed by atoms with Crippen LogP contribution in [0, 0.1) is 0 Å². The summed E-state index contributed by atoms with van der Waals surface area (Å²) in [6.07, 6.45) is 0. The van der Waals surface area contributed by atoms with Crippen LogP contribution < -0.4 is 0 Å². The van der Waals surface area contributed by atoms with Gasteiger partial charge in [0, 0.05) is 20.1 Å². The van der Waals surface area contributed by atoms with E-state index in [1.807, 2.05) is 0 Å². The maximum absolute atomic E-state index is 0. The van der Waals surface area contributed by atoms with E-state index in [2.05, 4.69) is 0 Å². The van der Waals surface area contributed by atoms with Gasteiger partial charge in [-0.3, -0.25) is 0 Å². The van der Waals surface area contributed by atoms with Crippen molar-refractivity contribution in [3.63, 3.8) is 0 Å². The van der Waals surface area contributed by atoms with Crippen LogP contribution in [0.3, 0.4) is 0 Å². The summed E-state index contributed by atoms with van der Waals surface area (Å²) in [5, 5.41) is 0. The summed E-state index contributed by atoms with van der Waals surface area (Å²) in [6, 6.07) is 0. The van der Waals surface area contributed by atoms with Crippen molar-refractivity contribution in [1.29, 1.82) is 0 Å². The zero-order valence-corrected chi connectivity index (χ0v) is 6.90. The van der Waals surface area contributed by atoms with Crippen LogP contribution in [0.25, 0.3) is 0 Å². The van der Waals surface area contributed by atoms with Gasteiger partial charge in [-0.1, -0.05) is 0 Å². The molecule has 0 heterocycles. The normalized spacial score (nSPS) is 0. The third kappa shape index (κ3) is 30.3. The Morgan fingerprint density at radius 1 is 0.600 bits per heavy atom. The predicted molar refractivity (Wildman–Crippen MR) is 25.4 cm³/mol. The van der Waals surface area contributed by atoms with Crippen LogP contribution >= 0.6 is 37.2 Å². The fraction of sp³-hybridized carbons (Fsp3) is 0. The molecule has 1 radical (unpaired) electrons. The first-order valence-electron chi connectivity index (χ1n) is 0. The fourth-order valence-corrected chi connectivity index (χ4v) is 0. The summed E-state index contributed by atoms with van der Waals surface area (Å²) in [4.78, 5) is 0. The Bertz CT molecular complexity index is 6.85. The third-order valence-electron chi connectivity index (χ3n) is 0. The van der Waals surface area contributed by atoms with Gasteiger partial charge < -0.3 is 5.48 Å². The zero-order chi connectivity index (χ0) is 0. The average Bonchev–Trinajstić information content (AvgIpc) is 0. The Balaban J connectivity index is 0. The summed E-state index contributed by atoms with van der Waals surface area (Å²) in [6.45, 7) is 0. The minimum Gasteiger partial charge on any atom is -0.412 e. The largest absolute Gasteiger partial charge is 0.412 e. The summed E-state index contributed by atoms with van der Waals surface area (Å²) in [5.74, 6) is 0. The van der Waals surface area contributed by atoms with Gasteiger partial charge in [0.2, 0.25) is 0 Å². The second kappa shape index (κ2) is 50.2. The van der Waals surface area contributed by atoms with Crippen molar-refractivity contribution in [2.24, 2.45) is 0 Å². The van der Waals surface area contributed by atoms with Gasteiger partial charge >= 0.3 is 0 Å². The van der Waals surface area contributed by atoms with Crippen molar-refractivity contribution in [2.45, 2.75) is 0 Å². The van der Waals surface area contributed by atoms with Crippen LogP contribution in [0.5, 0.6) is 0 Å². The summed E-state index contributed by atoms with van der Waals surface area (Å²) in [7, 11) is 0. The number of rotatable bonds is 0. The molecule has 0 amide bonds. The maximum Gasteiger partial charge on any atom is 0 e. The summed E-state index contributed by atoms with van der Waals surface area (Å²) >= 11 is 0. The molecule has 0 atom stereocenters. The first kappa shape index (κ1) is 88.9. The Labute approximate surface area is 62.8 Å². The smallest absolute Gasteiger partial charge is 0 e. The van der Waals surface area contributed by atoms with E-state index in [4.69, 9.17) is 0 Å². The summed E-state index contributed by atoms with van der Waals surface area (Å²) in [5.41, 5.74) is 0. The van der Waals surface area contributed by atoms with Crippen molar-refractivity contribution in [1.82, 2.24) is 0 Å². The van der Waals surface area contributed by atoms with Crippen LogP contribution in [0.1, 0.15) is 0 Å². The molecule has 0 unspecified atom stereocenters. The van der Waals surface area contributed by atoms with Gasteiger partial charge in [-0.25, -0.2) is 0 Å². The molecule has 0 saturated heterocycles. The minimum absolute atomic E-state index is 0. The molecule has 0 rings (SSSR count). The third-order valence-corrected chi connectivity index (χ3v) is 0. The van der Waals surface area contributed by atoms with E-state index < -0.39 is 0 Å². The average molecular weight is 320 g/mol. The molecule has 1 nitrogen and oxygen atoms in total. The van der Waals surface area contributed by atoms with E-state index in [0.29, 0.717) is 0 Å². The molecule has 2 N–H and O–H groups in total. The van der Waals surface area contributed by atoms with Crippen LogP contribution in [0.15, 0.2) is 0 Å². The number of halogens is 3. The van der Waals surface area contributed by atoms with Crippen LogP contribution in [-0.2, 0) is 20.1 Å². The second-order valence-electron chi connectivity index (χ2n) is 0. The van der Waals surface area contributed by atoms with Crippen LogP contribution in [0.2, 0.25) is 0 Å². The molecule has 0 aromatic rings. The topological polar surface area (TPSA) is 31.5 Å². The van der Waals surface area contributed by atoms with Gasteiger partial charge in [-0.2, -0.15) is 0 Å². The molecule has 5 heavy (non-hydrogen) atoms. The van der Waals surface area contributed by atoms with E-state index in [1.54, 1.807) is 0 Å². The zero-order valence-electron chi connectivity index (χ0n) is 2.06. The number of hydrogen-bond acceptors (Lipinski definition) is 0. The van der Waals surface area contributed by atoms with Gasteiger partial charge in [0.25, 0.3) is 0 Å². The Kier molecular flexibility index (Phi) is 893. The van der Waals surface area contributed by atoms with Crippen molar-refractivity contribution in [3.8, 4) is 0 Å². The van der Waals surface area contributed by atoms with Gasteiger partial charge in [0.05, 0.1) is 0 Å². The Morgan fingerprint density at radius 3 is 0.600 bits per heavy atom. The molecular weight excluding hydrogens is 315 g/mol. The molecule has 0 aliphatic heterocycles. The Morgan fingerprint density at radius 2 is 0.600 bits per heavy atom. The fourth-order valence-electron chi connectivity index (χ4n) is 0. The molecule has 5 heteroatoms. The second-order valence-corrected chi connectivity index (χ2v) is 0. The monoisotopic (exact) mass is 319 g/mol. The van der Waals surface area contributed by atoms with E-state index in [0.717, 1.165) is 0 Å². The molecule has 0 aliphatic rings. The van der Waals surface area contributed by atoms with Crippen molar-refractivity contribution in [2.75, 3.05) is 0 Å². The van der Waals surface area contributed by atoms with Gasteiger partial charge in [0.1, 0.15) is 0 Å². The van der Waals surface area contributed by atoms with Crippen molar-refractivity contribution < 1.29 is 25.6 Å². The quantitative estimate of drug-likeness (QED) is 0.620. The summed E-state index contributed by atoms with van der Waals surface area (Å²) < 4.78 is 0. The molecular formula is H5Cl3IrO. The molecule has 0 aromatic heterocycles. The van der Waals surface area contributed by atoms with E-state index in [1.165, 1.54) is 0 Å². The van der Waals surface area contributed by atoms with Crippen LogP contribution in [-0.4, -0.2) is 5.48 Å². The van der Waals surface area contributed by atoms with E-state index >= 15 is 0 Å². The molecule has 0 aromatic carbocycles. The van der Waals surface area contributed by atoms with Crippen LogP contribution in [0.4, 0.5) is 0 Å². The van der Waals surface area contributed by atoms with E-state index in [9.17, 15) is 0 Å². The first-order chi connectivity index (χ1) is 0. The standard InChI is InChI=1S/3ClH.Ir.H2O/h3*1H;;1H2. The van der Waals surface area contributed by atoms with Gasteiger partial charge in [0.15, 0.2) is 0 Å². The maximum atomic E-state index is 0. The molecule has 0 spiro atoms. The van der Waals surface area contributed by atoms with Gasteiger partial charge in [-0.15, -0.1) is 37.2 Å². The molecule has 0 fully saturated rings. The van der Waals surface area contributed by atoms with Crippen molar-refractivity contribution in [3.05, 3.63) is 0 Å². The molecule has 0 saturated carbocycles. The van der Waals surface area contributed by atoms with Gasteiger partial charge in [-0.05, 0) is 0 Å². The van der Waals surface area contributed by atoms with Crippen molar-refractivity contribution >= 4 is 37.2 Å². The molecule has 41 valence electrons.